The molecule has 0 spiro atoms. The predicted molar refractivity (Wildman–Crippen MR) is 182 cm³/mol. The highest BCUT2D eigenvalue weighted by atomic mass is 19.2. The molecule has 0 radical (unpaired) electrons. The fourth-order valence-electron chi connectivity index (χ4n) is 6.41. The lowest BCUT2D eigenvalue weighted by atomic mass is 9.91. The summed E-state index contributed by atoms with van der Waals surface area (Å²) in [5, 5.41) is 0. The quantitative estimate of drug-likeness (QED) is 0.0907. The monoisotopic (exact) mass is 693 g/mol. The van der Waals surface area contributed by atoms with Crippen LogP contribution in [0.1, 0.15) is 57.6 Å². The number of benzene rings is 4. The Morgan fingerprint density at radius 1 is 0.760 bits per heavy atom. The van der Waals surface area contributed by atoms with Gasteiger partial charge in [-0.25, -0.2) is 36.4 Å². The summed E-state index contributed by atoms with van der Waals surface area (Å²) in [6, 6.07) is 12.6. The topological polar surface area (TPSA) is 104 Å². The Kier molecular flexibility index (Phi) is 10.2. The largest absolute Gasteiger partial charge is 0.372 e. The first-order valence-corrected chi connectivity index (χ1v) is 16.0. The number of carbonyl (C=O) groups excluding carboxylic acids is 2. The summed E-state index contributed by atoms with van der Waals surface area (Å²) < 4.78 is 72.3. The predicted octanol–water partition coefficient (Wildman–Crippen LogP) is 7.36. The second-order valence-corrected chi connectivity index (χ2v) is 12.0. The van der Waals surface area contributed by atoms with Crippen molar-refractivity contribution in [1.82, 2.24) is 9.55 Å². The van der Waals surface area contributed by atoms with E-state index in [2.05, 4.69) is 9.88 Å². The molecule has 3 amide bonds. The van der Waals surface area contributed by atoms with Gasteiger partial charge in [0.1, 0.15) is 0 Å². The molecule has 0 saturated carbocycles. The summed E-state index contributed by atoms with van der Waals surface area (Å²) >= 11 is 0. The number of rotatable bonds is 10. The van der Waals surface area contributed by atoms with Crippen LogP contribution in [0.25, 0.3) is 11.0 Å². The van der Waals surface area contributed by atoms with Crippen LogP contribution in [0.5, 0.6) is 0 Å². The SMILES string of the molecule is CCN(CC)c1ccc(N(C(N)=O)C(=O)c2cccc(C)c2CCc2c(C)c(C)cc3[nH]c(=O)n(Cc4c(F)c(F)c(F)c(F)c4F)c23)cc1. The van der Waals surface area contributed by atoms with E-state index in [0.29, 0.717) is 16.6 Å². The molecule has 3 N–H and O–H groups in total. The normalized spacial score (nSPS) is 11.3. The number of imidazole rings is 1. The molecule has 0 atom stereocenters. The van der Waals surface area contributed by atoms with E-state index in [-0.39, 0.29) is 29.6 Å². The molecule has 5 rings (SSSR count). The molecule has 1 aromatic heterocycles. The minimum Gasteiger partial charge on any atom is -0.372 e. The zero-order valence-corrected chi connectivity index (χ0v) is 28.2. The Morgan fingerprint density at radius 3 is 1.90 bits per heavy atom. The van der Waals surface area contributed by atoms with Crippen molar-refractivity contribution in [1.29, 1.82) is 0 Å². The molecule has 13 heteroatoms. The Morgan fingerprint density at radius 2 is 1.32 bits per heavy atom. The van der Waals surface area contributed by atoms with Gasteiger partial charge in [-0.2, -0.15) is 0 Å². The fourth-order valence-corrected chi connectivity index (χ4v) is 6.41. The highest BCUT2D eigenvalue weighted by Crippen LogP contribution is 2.30. The van der Waals surface area contributed by atoms with Crippen LogP contribution in [0.2, 0.25) is 0 Å². The number of H-pyrrole nitrogens is 1. The summed E-state index contributed by atoms with van der Waals surface area (Å²) in [6.07, 6.45) is 0.404. The van der Waals surface area contributed by atoms with Gasteiger partial charge in [-0.05, 0) is 112 Å². The van der Waals surface area contributed by atoms with Crippen molar-refractivity contribution in [3.05, 3.63) is 127 Å². The molecule has 50 heavy (non-hydrogen) atoms. The Bertz CT molecular complexity index is 2160. The Hall–Kier alpha value is -5.46. The van der Waals surface area contributed by atoms with E-state index < -0.39 is 58.8 Å². The van der Waals surface area contributed by atoms with E-state index >= 15 is 0 Å². The lowest BCUT2D eigenvalue weighted by molar-refractivity contribution is 0.0994. The number of urea groups is 1. The van der Waals surface area contributed by atoms with Crippen molar-refractivity contribution in [3.8, 4) is 0 Å². The highest BCUT2D eigenvalue weighted by molar-refractivity contribution is 6.20. The number of amides is 3. The van der Waals surface area contributed by atoms with Crippen LogP contribution in [0.4, 0.5) is 38.1 Å². The van der Waals surface area contributed by atoms with Gasteiger partial charge in [0.05, 0.1) is 23.3 Å². The van der Waals surface area contributed by atoms with Crippen LogP contribution in [-0.4, -0.2) is 34.6 Å². The molecule has 0 bridgehead atoms. The Labute approximate surface area is 284 Å². The number of nitrogens with one attached hydrogen (secondary N) is 1. The van der Waals surface area contributed by atoms with E-state index in [1.54, 1.807) is 69.3 Å². The van der Waals surface area contributed by atoms with Gasteiger partial charge in [-0.3, -0.25) is 9.36 Å². The van der Waals surface area contributed by atoms with Crippen molar-refractivity contribution in [3.63, 3.8) is 0 Å². The van der Waals surface area contributed by atoms with Crippen LogP contribution in [0, 0.1) is 49.9 Å². The van der Waals surface area contributed by atoms with Crippen LogP contribution < -0.4 is 21.2 Å². The van der Waals surface area contributed by atoms with E-state index in [1.807, 2.05) is 13.8 Å². The molecule has 0 aliphatic heterocycles. The maximum absolute atomic E-state index is 14.7. The third-order valence-corrected chi connectivity index (χ3v) is 9.25. The molecule has 0 unspecified atom stereocenters. The standard InChI is InChI=1S/C37H36F5N5O3/c1-6-45(7-2)22-11-13-23(14-12-22)47(36(43)49)35(48)26-10-8-9-19(3)24(26)15-16-25-21(5)20(4)17-28-34(25)46(37(50)44-28)18-27-29(38)31(40)33(42)32(41)30(27)39/h8-14,17H,6-7,15-16,18H2,1-5H3,(H2,43,49)(H,44,50). The first-order chi connectivity index (χ1) is 23.7. The van der Waals surface area contributed by atoms with E-state index in [0.717, 1.165) is 44.9 Å². The van der Waals surface area contributed by atoms with E-state index in [9.17, 15) is 36.3 Å². The number of fused-ring (bicyclic) bond motifs is 1. The molecule has 8 nitrogen and oxygen atoms in total. The van der Waals surface area contributed by atoms with Gasteiger partial charge in [-0.1, -0.05) is 12.1 Å². The van der Waals surface area contributed by atoms with Gasteiger partial charge >= 0.3 is 11.7 Å². The molecule has 4 aromatic carbocycles. The lowest BCUT2D eigenvalue weighted by Crippen LogP contribution is -2.41. The average Bonchev–Trinajstić information content (AvgIpc) is 3.39. The summed E-state index contributed by atoms with van der Waals surface area (Å²) in [5.74, 6) is -11.2. The fraction of sp³-hybridized carbons (Fsp3) is 0.270. The maximum Gasteiger partial charge on any atom is 0.326 e. The zero-order valence-electron chi connectivity index (χ0n) is 28.2. The Balaban J connectivity index is 1.56. The van der Waals surface area contributed by atoms with Gasteiger partial charge in [0.2, 0.25) is 5.82 Å². The molecule has 0 aliphatic carbocycles. The van der Waals surface area contributed by atoms with Gasteiger partial charge in [0.25, 0.3) is 5.91 Å². The molecule has 0 aliphatic rings. The molecule has 5 aromatic rings. The van der Waals surface area contributed by atoms with Crippen LogP contribution in [-0.2, 0) is 19.4 Å². The van der Waals surface area contributed by atoms with Crippen molar-refractivity contribution in [2.45, 2.75) is 54.0 Å². The molecular weight excluding hydrogens is 657 g/mol. The zero-order chi connectivity index (χ0) is 36.6. The van der Waals surface area contributed by atoms with Crippen molar-refractivity contribution < 1.29 is 31.5 Å². The molecule has 1 heterocycles. The summed E-state index contributed by atoms with van der Waals surface area (Å²) in [6.45, 7) is 10.0. The number of aromatic nitrogens is 2. The smallest absolute Gasteiger partial charge is 0.326 e. The van der Waals surface area contributed by atoms with E-state index in [4.69, 9.17) is 5.73 Å². The average molecular weight is 694 g/mol. The van der Waals surface area contributed by atoms with Crippen LogP contribution >= 0.6 is 0 Å². The van der Waals surface area contributed by atoms with Gasteiger partial charge < -0.3 is 15.6 Å². The number of nitrogens with two attached hydrogens (primary N) is 1. The van der Waals surface area contributed by atoms with Crippen molar-refractivity contribution in [2.24, 2.45) is 5.73 Å². The number of aryl methyl sites for hydroxylation is 3. The van der Waals surface area contributed by atoms with Gasteiger partial charge in [-0.15, -0.1) is 0 Å². The summed E-state index contributed by atoms with van der Waals surface area (Å²) in [4.78, 5) is 45.5. The molecular formula is C37H36F5N5O3. The first kappa shape index (κ1) is 35.8. The third kappa shape index (κ3) is 6.35. The first-order valence-electron chi connectivity index (χ1n) is 16.0. The minimum absolute atomic E-state index is 0.193. The number of hydrogen-bond acceptors (Lipinski definition) is 4. The number of hydrogen-bond donors (Lipinski definition) is 2. The summed E-state index contributed by atoms with van der Waals surface area (Å²) in [7, 11) is 0. The van der Waals surface area contributed by atoms with Crippen molar-refractivity contribution in [2.75, 3.05) is 22.9 Å². The van der Waals surface area contributed by atoms with Crippen LogP contribution in [0.15, 0.2) is 53.3 Å². The lowest BCUT2D eigenvalue weighted by Gasteiger charge is -2.24. The second kappa shape index (κ2) is 14.2. The number of carbonyl (C=O) groups is 2. The summed E-state index contributed by atoms with van der Waals surface area (Å²) in [5.41, 5.74) is 9.05. The minimum atomic E-state index is -2.29. The van der Waals surface area contributed by atoms with Gasteiger partial charge in [0.15, 0.2) is 23.3 Å². The molecule has 0 fully saturated rings. The number of primary amides is 1. The molecule has 0 saturated heterocycles. The number of aromatic amines is 1. The maximum atomic E-state index is 14.7. The van der Waals surface area contributed by atoms with Gasteiger partial charge in [0, 0.05) is 29.9 Å². The van der Waals surface area contributed by atoms with E-state index in [1.165, 1.54) is 0 Å². The third-order valence-electron chi connectivity index (χ3n) is 9.25. The number of imide groups is 1. The number of halogens is 5. The highest BCUT2D eigenvalue weighted by Gasteiger charge is 2.29. The number of anilines is 2. The van der Waals surface area contributed by atoms with Crippen LogP contribution in [0.3, 0.4) is 0 Å². The second-order valence-electron chi connectivity index (χ2n) is 12.0. The van der Waals surface area contributed by atoms with Crippen molar-refractivity contribution >= 4 is 34.3 Å². The number of nitrogens with zero attached hydrogens (tertiary/aromatic N) is 3. The molecule has 262 valence electrons.